The number of benzene rings is 2. The zero-order valence-electron chi connectivity index (χ0n) is 13.6. The molecule has 1 aliphatic heterocycles. The molecule has 0 saturated carbocycles. The Kier molecular flexibility index (Phi) is 4.91. The van der Waals surface area contributed by atoms with E-state index in [0.717, 1.165) is 25.1 Å². The summed E-state index contributed by atoms with van der Waals surface area (Å²) in [7, 11) is 0. The van der Waals surface area contributed by atoms with Crippen molar-refractivity contribution >= 4 is 17.5 Å². The van der Waals surface area contributed by atoms with Crippen LogP contribution in [0.25, 0.3) is 0 Å². The molecule has 5 heteroatoms. The number of nitrogens with one attached hydrogen (secondary N) is 3. The summed E-state index contributed by atoms with van der Waals surface area (Å²) in [6, 6.07) is 14.6. The molecule has 3 rings (SSSR count). The Labute approximate surface area is 141 Å². The lowest BCUT2D eigenvalue weighted by molar-refractivity contribution is 0.0941. The summed E-state index contributed by atoms with van der Waals surface area (Å²) >= 11 is 0. The van der Waals surface area contributed by atoms with Crippen molar-refractivity contribution in [1.82, 2.24) is 10.6 Å². The largest absolute Gasteiger partial charge is 0.348 e. The Morgan fingerprint density at radius 1 is 1.08 bits per heavy atom. The van der Waals surface area contributed by atoms with Crippen LogP contribution in [0.1, 0.15) is 32.7 Å². The van der Waals surface area contributed by atoms with E-state index in [4.69, 9.17) is 0 Å². The second-order valence-electron chi connectivity index (χ2n) is 6.03. The minimum atomic E-state index is -0.221. The summed E-state index contributed by atoms with van der Waals surface area (Å²) in [5.41, 5.74) is 2.59. The molecule has 5 nitrogen and oxygen atoms in total. The molecule has 0 bridgehead atoms. The van der Waals surface area contributed by atoms with E-state index in [2.05, 4.69) is 16.0 Å². The Morgan fingerprint density at radius 2 is 1.92 bits per heavy atom. The Bertz CT molecular complexity index is 752. The number of para-hydroxylation sites is 1. The van der Waals surface area contributed by atoms with Gasteiger partial charge in [-0.2, -0.15) is 0 Å². The van der Waals surface area contributed by atoms with Gasteiger partial charge in [0.2, 0.25) is 0 Å². The predicted molar refractivity (Wildman–Crippen MR) is 94.3 cm³/mol. The molecule has 1 heterocycles. The number of carbonyl (C=O) groups excluding carboxylic acids is 2. The van der Waals surface area contributed by atoms with Crippen LogP contribution >= 0.6 is 0 Å². The SMILES string of the molecule is Cc1cccc(C(=O)Nc2ccccc2C(=O)NC2CCNC2)c1. The van der Waals surface area contributed by atoms with E-state index < -0.39 is 0 Å². The zero-order valence-corrected chi connectivity index (χ0v) is 13.6. The number of carbonyl (C=O) groups is 2. The number of rotatable bonds is 4. The van der Waals surface area contributed by atoms with Crippen molar-refractivity contribution in [2.24, 2.45) is 0 Å². The van der Waals surface area contributed by atoms with Crippen LogP contribution in [0.15, 0.2) is 48.5 Å². The van der Waals surface area contributed by atoms with E-state index in [1.165, 1.54) is 0 Å². The number of anilines is 1. The third kappa shape index (κ3) is 3.81. The number of aryl methyl sites for hydroxylation is 1. The summed E-state index contributed by atoms with van der Waals surface area (Å²) in [6.45, 7) is 3.63. The number of hydrogen-bond donors (Lipinski definition) is 3. The summed E-state index contributed by atoms with van der Waals surface area (Å²) in [4.78, 5) is 24.9. The summed E-state index contributed by atoms with van der Waals surface area (Å²) < 4.78 is 0. The molecule has 1 unspecified atom stereocenters. The van der Waals surface area contributed by atoms with Crippen LogP contribution in [-0.4, -0.2) is 30.9 Å². The van der Waals surface area contributed by atoms with Crippen molar-refractivity contribution < 1.29 is 9.59 Å². The molecule has 3 N–H and O–H groups in total. The predicted octanol–water partition coefficient (Wildman–Crippen LogP) is 2.34. The molecule has 1 atom stereocenters. The second kappa shape index (κ2) is 7.27. The smallest absolute Gasteiger partial charge is 0.255 e. The maximum absolute atomic E-state index is 12.5. The monoisotopic (exact) mass is 323 g/mol. The first kappa shape index (κ1) is 16.2. The third-order valence-corrected chi connectivity index (χ3v) is 4.10. The topological polar surface area (TPSA) is 70.2 Å². The fourth-order valence-electron chi connectivity index (χ4n) is 2.81. The fraction of sp³-hybridized carbons (Fsp3) is 0.263. The number of amides is 2. The van der Waals surface area contributed by atoms with Gasteiger partial charge in [0.15, 0.2) is 0 Å². The van der Waals surface area contributed by atoms with E-state index in [0.29, 0.717) is 16.8 Å². The van der Waals surface area contributed by atoms with Gasteiger partial charge in [-0.15, -0.1) is 0 Å². The minimum Gasteiger partial charge on any atom is -0.348 e. The standard InChI is InChI=1S/C19H21N3O2/c1-13-5-4-6-14(11-13)18(23)22-17-8-3-2-7-16(17)19(24)21-15-9-10-20-12-15/h2-8,11,15,20H,9-10,12H2,1H3,(H,21,24)(H,22,23). The van der Waals surface area contributed by atoms with Crippen molar-refractivity contribution in [3.63, 3.8) is 0 Å². The van der Waals surface area contributed by atoms with Gasteiger partial charge in [-0.1, -0.05) is 29.8 Å². The molecule has 1 aliphatic rings. The van der Waals surface area contributed by atoms with E-state index in [9.17, 15) is 9.59 Å². The molecular formula is C19H21N3O2. The van der Waals surface area contributed by atoms with Crippen LogP contribution < -0.4 is 16.0 Å². The Hall–Kier alpha value is -2.66. The first-order valence-electron chi connectivity index (χ1n) is 8.12. The molecule has 0 aromatic heterocycles. The van der Waals surface area contributed by atoms with Gasteiger partial charge in [0.25, 0.3) is 11.8 Å². The lowest BCUT2D eigenvalue weighted by Crippen LogP contribution is -2.36. The minimum absolute atomic E-state index is 0.137. The van der Waals surface area contributed by atoms with Gasteiger partial charge in [0.1, 0.15) is 0 Å². The van der Waals surface area contributed by atoms with E-state index in [-0.39, 0.29) is 17.9 Å². The number of hydrogen-bond acceptors (Lipinski definition) is 3. The highest BCUT2D eigenvalue weighted by Crippen LogP contribution is 2.17. The highest BCUT2D eigenvalue weighted by Gasteiger charge is 2.20. The van der Waals surface area contributed by atoms with Crippen LogP contribution in [0.4, 0.5) is 5.69 Å². The molecule has 2 aromatic carbocycles. The first-order chi connectivity index (χ1) is 11.6. The molecule has 2 aromatic rings. The normalized spacial score (nSPS) is 16.6. The van der Waals surface area contributed by atoms with Crippen LogP contribution in [0.2, 0.25) is 0 Å². The lowest BCUT2D eigenvalue weighted by atomic mass is 10.1. The molecule has 0 spiro atoms. The highest BCUT2D eigenvalue weighted by atomic mass is 16.2. The van der Waals surface area contributed by atoms with Gasteiger partial charge in [-0.25, -0.2) is 0 Å². The Balaban J connectivity index is 1.76. The van der Waals surface area contributed by atoms with Crippen molar-refractivity contribution in [2.75, 3.05) is 18.4 Å². The summed E-state index contributed by atoms with van der Waals surface area (Å²) in [6.07, 6.45) is 0.920. The van der Waals surface area contributed by atoms with Crippen LogP contribution in [0, 0.1) is 6.92 Å². The molecule has 24 heavy (non-hydrogen) atoms. The van der Waals surface area contributed by atoms with Crippen LogP contribution in [0.5, 0.6) is 0 Å². The highest BCUT2D eigenvalue weighted by molar-refractivity contribution is 6.09. The molecule has 1 saturated heterocycles. The average molecular weight is 323 g/mol. The molecular weight excluding hydrogens is 302 g/mol. The summed E-state index contributed by atoms with van der Waals surface area (Å²) in [5.74, 6) is -0.384. The molecule has 2 amide bonds. The Morgan fingerprint density at radius 3 is 2.67 bits per heavy atom. The maximum Gasteiger partial charge on any atom is 0.255 e. The fourth-order valence-corrected chi connectivity index (χ4v) is 2.81. The van der Waals surface area contributed by atoms with Gasteiger partial charge in [-0.05, 0) is 44.2 Å². The van der Waals surface area contributed by atoms with Crippen molar-refractivity contribution in [3.05, 3.63) is 65.2 Å². The second-order valence-corrected chi connectivity index (χ2v) is 6.03. The van der Waals surface area contributed by atoms with Crippen molar-refractivity contribution in [3.8, 4) is 0 Å². The molecule has 1 fully saturated rings. The first-order valence-corrected chi connectivity index (χ1v) is 8.12. The van der Waals surface area contributed by atoms with Gasteiger partial charge >= 0.3 is 0 Å². The molecule has 124 valence electrons. The lowest BCUT2D eigenvalue weighted by Gasteiger charge is -2.14. The van der Waals surface area contributed by atoms with Gasteiger partial charge in [-0.3, -0.25) is 9.59 Å². The summed E-state index contributed by atoms with van der Waals surface area (Å²) in [5, 5.41) is 9.07. The molecule has 0 aliphatic carbocycles. The van der Waals surface area contributed by atoms with Crippen LogP contribution in [0.3, 0.4) is 0 Å². The molecule has 0 radical (unpaired) electrons. The van der Waals surface area contributed by atoms with Crippen molar-refractivity contribution in [2.45, 2.75) is 19.4 Å². The third-order valence-electron chi connectivity index (χ3n) is 4.10. The maximum atomic E-state index is 12.5. The van der Waals surface area contributed by atoms with Gasteiger partial charge < -0.3 is 16.0 Å². The zero-order chi connectivity index (χ0) is 16.9. The van der Waals surface area contributed by atoms with E-state index in [1.54, 1.807) is 30.3 Å². The average Bonchev–Trinajstić information content (AvgIpc) is 3.08. The quantitative estimate of drug-likeness (QED) is 0.809. The van der Waals surface area contributed by atoms with E-state index in [1.807, 2.05) is 25.1 Å². The van der Waals surface area contributed by atoms with Gasteiger partial charge in [0.05, 0.1) is 11.3 Å². The van der Waals surface area contributed by atoms with Gasteiger partial charge in [0, 0.05) is 18.2 Å². The van der Waals surface area contributed by atoms with E-state index >= 15 is 0 Å². The van der Waals surface area contributed by atoms with Crippen molar-refractivity contribution in [1.29, 1.82) is 0 Å². The van der Waals surface area contributed by atoms with Crippen LogP contribution in [-0.2, 0) is 0 Å².